The Labute approximate surface area is 202 Å². The van der Waals surface area contributed by atoms with E-state index < -0.39 is 35.0 Å². The maximum absolute atomic E-state index is 9.08. The zero-order valence-corrected chi connectivity index (χ0v) is 18.8. The van der Waals surface area contributed by atoms with Crippen LogP contribution < -0.4 is 0 Å². The van der Waals surface area contributed by atoms with E-state index in [-0.39, 0.29) is 70.2 Å². The van der Waals surface area contributed by atoms with E-state index in [1.807, 2.05) is 41.5 Å². The van der Waals surface area contributed by atoms with Gasteiger partial charge >= 0.3 is 0 Å². The molecular formula is C27H29N5. The maximum atomic E-state index is 9.08. The topological polar surface area (TPSA) is 48.5 Å². The molecule has 5 rings (SSSR count). The van der Waals surface area contributed by atoms with Gasteiger partial charge in [0.15, 0.2) is 0 Å². The Kier molecular flexibility index (Phi) is 2.62. The Morgan fingerprint density at radius 1 is 0.656 bits per heavy atom. The molecule has 5 heteroatoms. The van der Waals surface area contributed by atoms with Crippen molar-refractivity contribution in [1.29, 1.82) is 0 Å². The van der Waals surface area contributed by atoms with E-state index in [1.165, 1.54) is 9.13 Å². The van der Waals surface area contributed by atoms with Crippen LogP contribution in [0.15, 0.2) is 67.0 Å². The van der Waals surface area contributed by atoms with Gasteiger partial charge in [-0.2, -0.15) is 4.98 Å². The molecule has 3 heterocycles. The molecule has 162 valence electrons. The minimum atomic E-state index is -0.690. The number of fused-ring (bicyclic) bond motifs is 2. The molecule has 5 aromatic rings. The van der Waals surface area contributed by atoms with Crippen LogP contribution in [-0.2, 0) is 10.8 Å². The van der Waals surface area contributed by atoms with E-state index in [9.17, 15) is 0 Å². The normalized spacial score (nSPS) is 17.1. The molecule has 0 bridgehead atoms. The van der Waals surface area contributed by atoms with Crippen LogP contribution >= 0.6 is 0 Å². The zero-order chi connectivity index (χ0) is 31.4. The molecular weight excluding hydrogens is 394 g/mol. The van der Waals surface area contributed by atoms with Crippen LogP contribution in [0, 0.1) is 0 Å². The summed E-state index contributed by atoms with van der Waals surface area (Å²) >= 11 is 0. The van der Waals surface area contributed by atoms with Crippen molar-refractivity contribution in [1.82, 2.24) is 24.1 Å². The molecule has 0 radical (unpaired) electrons. The lowest BCUT2D eigenvalue weighted by atomic mass is 9.87. The zero-order valence-electron chi connectivity index (χ0n) is 28.8. The average molecular weight is 434 g/mol. The van der Waals surface area contributed by atoms with E-state index in [2.05, 4.69) is 15.0 Å². The minimum Gasteiger partial charge on any atom is -0.285 e. The Morgan fingerprint density at radius 3 is 1.47 bits per heavy atom. The number of nitrogens with zero attached hydrogens (tertiary/aromatic N) is 5. The fraction of sp³-hybridized carbons (Fsp3) is 0.296. The third kappa shape index (κ3) is 3.29. The summed E-state index contributed by atoms with van der Waals surface area (Å²) in [7, 11) is 0. The summed E-state index contributed by atoms with van der Waals surface area (Å²) in [5.74, 6) is -0.287. The van der Waals surface area contributed by atoms with Crippen LogP contribution in [0.3, 0.4) is 0 Å². The molecule has 0 N–H and O–H groups in total. The van der Waals surface area contributed by atoms with Crippen molar-refractivity contribution >= 4 is 21.8 Å². The Bertz CT molecular complexity index is 1820. The van der Waals surface area contributed by atoms with Gasteiger partial charge in [-0.25, -0.2) is 9.97 Å². The molecule has 0 fully saturated rings. The van der Waals surface area contributed by atoms with E-state index in [0.717, 1.165) is 6.33 Å². The molecule has 0 saturated heterocycles. The number of para-hydroxylation sites is 2. The molecule has 3 aromatic heterocycles. The molecule has 0 atom stereocenters. The Hall–Kier alpha value is -3.47. The van der Waals surface area contributed by atoms with Gasteiger partial charge in [0.2, 0.25) is 11.9 Å². The van der Waals surface area contributed by atoms with Gasteiger partial charge in [0, 0.05) is 23.1 Å². The van der Waals surface area contributed by atoms with Crippen molar-refractivity contribution in [3.63, 3.8) is 0 Å². The first kappa shape index (κ1) is 12.0. The summed E-state index contributed by atoms with van der Waals surface area (Å²) in [4.78, 5) is 13.0. The molecule has 0 saturated carbocycles. The fourth-order valence-electron chi connectivity index (χ4n) is 3.64. The van der Waals surface area contributed by atoms with Crippen molar-refractivity contribution in [3.8, 4) is 11.9 Å². The van der Waals surface area contributed by atoms with Crippen molar-refractivity contribution in [2.45, 2.75) is 52.4 Å². The number of benzene rings is 2. The third-order valence-electron chi connectivity index (χ3n) is 5.18. The van der Waals surface area contributed by atoms with Gasteiger partial charge in [-0.3, -0.25) is 9.13 Å². The highest BCUT2D eigenvalue weighted by Crippen LogP contribution is 2.34. The van der Waals surface area contributed by atoms with Gasteiger partial charge in [-0.05, 0) is 34.0 Å². The molecule has 32 heavy (non-hydrogen) atoms. The molecule has 0 spiro atoms. The van der Waals surface area contributed by atoms with Crippen LogP contribution in [0.1, 0.15) is 66.4 Å². The maximum Gasteiger partial charge on any atom is 0.238 e. The highest BCUT2D eigenvalue weighted by atomic mass is 15.2. The molecule has 0 amide bonds. The number of hydrogen-bond donors (Lipinski definition) is 0. The van der Waals surface area contributed by atoms with Crippen LogP contribution in [0.2, 0.25) is 0 Å². The monoisotopic (exact) mass is 433 g/mol. The molecule has 5 nitrogen and oxygen atoms in total. The average Bonchev–Trinajstić information content (AvgIpc) is 3.40. The lowest BCUT2D eigenvalue weighted by molar-refractivity contribution is 0.594. The number of rotatable bonds is 2. The third-order valence-corrected chi connectivity index (χ3v) is 5.18. The van der Waals surface area contributed by atoms with Gasteiger partial charge in [0.1, 0.15) is 6.33 Å². The van der Waals surface area contributed by atoms with Gasteiger partial charge in [-0.15, -0.1) is 0 Å². The Balaban J connectivity index is 1.93. The summed E-state index contributed by atoms with van der Waals surface area (Å²) in [6.07, 6.45) is 0.865. The SMILES string of the molecule is [2H]c1c([2H])c([2H])c2c(c1[2H])c(C(C)(C)C)c([2H])n2-c1ncnc(-n2c([2H])c(C(C)(C)C)c3c([2H])c([2H])c([2H])c([2H])c32)n1. The van der Waals surface area contributed by atoms with Gasteiger partial charge in [0.05, 0.1) is 24.7 Å². The van der Waals surface area contributed by atoms with Crippen molar-refractivity contribution in [2.75, 3.05) is 0 Å². The van der Waals surface area contributed by atoms with Crippen molar-refractivity contribution < 1.29 is 13.7 Å². The Morgan fingerprint density at radius 2 is 1.06 bits per heavy atom. The van der Waals surface area contributed by atoms with E-state index in [4.69, 9.17) is 13.7 Å². The second-order valence-electron chi connectivity index (χ2n) is 9.68. The van der Waals surface area contributed by atoms with Crippen LogP contribution in [0.5, 0.6) is 0 Å². The molecule has 0 aliphatic carbocycles. The highest BCUT2D eigenvalue weighted by molar-refractivity contribution is 5.87. The molecule has 2 aromatic carbocycles. The van der Waals surface area contributed by atoms with Crippen molar-refractivity contribution in [2.24, 2.45) is 0 Å². The van der Waals surface area contributed by atoms with Gasteiger partial charge in [0.25, 0.3) is 0 Å². The van der Waals surface area contributed by atoms with Gasteiger partial charge < -0.3 is 0 Å². The van der Waals surface area contributed by atoms with E-state index in [1.54, 1.807) is 0 Å². The highest BCUT2D eigenvalue weighted by Gasteiger charge is 2.23. The predicted molar refractivity (Wildman–Crippen MR) is 131 cm³/mol. The summed E-state index contributed by atoms with van der Waals surface area (Å²) in [6, 6.07) is -3.10. The first-order valence-corrected chi connectivity index (χ1v) is 10.3. The molecule has 0 aliphatic heterocycles. The standard InChI is InChI=1S/C27H29N5/c1-26(2,3)20-15-31(22-13-9-7-11-18(20)22)24-28-17-29-25(30-24)32-16-21(27(4,5)6)19-12-8-10-14-23(19)32/h7-17H,1-6H3/i7D,8D,9D,10D,11D,12D,13D,14D,15D,16D. The lowest BCUT2D eigenvalue weighted by Gasteiger charge is -2.17. The summed E-state index contributed by atoms with van der Waals surface area (Å²) in [5.41, 5.74) is -0.580. The van der Waals surface area contributed by atoms with Crippen LogP contribution in [0.4, 0.5) is 0 Å². The van der Waals surface area contributed by atoms with Crippen LogP contribution in [-0.4, -0.2) is 24.1 Å². The quantitative estimate of drug-likeness (QED) is 0.326. The number of hydrogen-bond acceptors (Lipinski definition) is 3. The summed E-state index contributed by atoms with van der Waals surface area (Å²) < 4.78 is 88.2. The number of aromatic nitrogens is 5. The lowest BCUT2D eigenvalue weighted by Crippen LogP contribution is -2.11. The largest absolute Gasteiger partial charge is 0.285 e. The first-order chi connectivity index (χ1) is 19.3. The van der Waals surface area contributed by atoms with E-state index >= 15 is 0 Å². The van der Waals surface area contributed by atoms with Crippen molar-refractivity contribution in [3.05, 3.63) is 78.1 Å². The van der Waals surface area contributed by atoms with E-state index in [0.29, 0.717) is 11.1 Å². The van der Waals surface area contributed by atoms with Crippen LogP contribution in [0.25, 0.3) is 33.7 Å². The first-order valence-electron chi connectivity index (χ1n) is 15.3. The fourth-order valence-corrected chi connectivity index (χ4v) is 3.64. The molecule has 0 unspecified atom stereocenters. The predicted octanol–water partition coefficient (Wildman–Crippen LogP) is 6.35. The summed E-state index contributed by atoms with van der Waals surface area (Å²) in [5, 5.41) is 0.356. The second kappa shape index (κ2) is 7.02. The smallest absolute Gasteiger partial charge is 0.238 e. The molecule has 0 aliphatic rings. The second-order valence-corrected chi connectivity index (χ2v) is 9.68. The van der Waals surface area contributed by atoms with Gasteiger partial charge in [-0.1, -0.05) is 77.8 Å². The summed E-state index contributed by atoms with van der Waals surface area (Å²) in [6.45, 7) is 11.0. The minimum absolute atomic E-state index is 0.0221.